The molecule has 0 aliphatic rings. The molecule has 0 aliphatic carbocycles. The average Bonchev–Trinajstić information content (AvgIpc) is 2.81. The van der Waals surface area contributed by atoms with E-state index >= 15 is 0 Å². The molecule has 0 aliphatic heterocycles. The third kappa shape index (κ3) is 2.87. The number of H-pyrrole nitrogens is 1. The van der Waals surface area contributed by atoms with Crippen LogP contribution >= 0.6 is 0 Å². The zero-order chi connectivity index (χ0) is 14.7. The van der Waals surface area contributed by atoms with Gasteiger partial charge in [0.25, 0.3) is 0 Å². The Kier molecular flexibility index (Phi) is 4.17. The van der Waals surface area contributed by atoms with Gasteiger partial charge in [-0.15, -0.1) is 0 Å². The Hall–Kier alpha value is -2.17. The Bertz CT molecular complexity index is 619. The third-order valence-electron chi connectivity index (χ3n) is 3.07. The number of amides is 1. The molecule has 5 heteroatoms. The number of nitrogens with zero attached hydrogens (tertiary/aromatic N) is 1. The van der Waals surface area contributed by atoms with Gasteiger partial charge in [0.1, 0.15) is 11.5 Å². The fourth-order valence-electron chi connectivity index (χ4n) is 1.88. The Morgan fingerprint density at radius 2 is 2.20 bits per heavy atom. The predicted octanol–water partition coefficient (Wildman–Crippen LogP) is 3.37. The van der Waals surface area contributed by atoms with Gasteiger partial charge >= 0.3 is 0 Å². The molecule has 0 bridgehead atoms. The number of carbonyl (C=O) groups is 1. The molecule has 2 N–H and O–H groups in total. The third-order valence-corrected chi connectivity index (χ3v) is 3.07. The van der Waals surface area contributed by atoms with Gasteiger partial charge < -0.3 is 5.32 Å². The number of hydrogen-bond acceptors (Lipinski definition) is 2. The second-order valence-electron chi connectivity index (χ2n) is 4.93. The maximum atomic E-state index is 13.3. The van der Waals surface area contributed by atoms with Crippen LogP contribution in [-0.4, -0.2) is 16.1 Å². The van der Waals surface area contributed by atoms with Gasteiger partial charge in [-0.25, -0.2) is 4.39 Å². The van der Waals surface area contributed by atoms with E-state index in [4.69, 9.17) is 0 Å². The SMILES string of the molecule is CCc1[nH]nc(-c2cccc(F)c2)c1NC(=O)C(C)C. The summed E-state index contributed by atoms with van der Waals surface area (Å²) < 4.78 is 13.3. The fraction of sp³-hybridized carbons (Fsp3) is 0.333. The zero-order valence-corrected chi connectivity index (χ0v) is 11.8. The topological polar surface area (TPSA) is 57.8 Å². The van der Waals surface area contributed by atoms with Gasteiger partial charge in [0.15, 0.2) is 0 Å². The smallest absolute Gasteiger partial charge is 0.227 e. The van der Waals surface area contributed by atoms with Gasteiger partial charge in [0.2, 0.25) is 5.91 Å². The van der Waals surface area contributed by atoms with Gasteiger partial charge in [-0.05, 0) is 18.6 Å². The number of rotatable bonds is 4. The Balaban J connectivity index is 2.44. The highest BCUT2D eigenvalue weighted by Gasteiger charge is 2.18. The minimum atomic E-state index is -0.329. The summed E-state index contributed by atoms with van der Waals surface area (Å²) in [5.41, 5.74) is 2.67. The predicted molar refractivity (Wildman–Crippen MR) is 76.8 cm³/mol. The molecule has 106 valence electrons. The molecule has 0 spiro atoms. The zero-order valence-electron chi connectivity index (χ0n) is 11.8. The van der Waals surface area contributed by atoms with Crippen LogP contribution in [0.5, 0.6) is 0 Å². The van der Waals surface area contributed by atoms with Crippen LogP contribution < -0.4 is 5.32 Å². The number of aryl methyl sites for hydroxylation is 1. The minimum absolute atomic E-state index is 0.0845. The lowest BCUT2D eigenvalue weighted by Gasteiger charge is -2.09. The summed E-state index contributed by atoms with van der Waals surface area (Å²) in [7, 11) is 0. The number of benzene rings is 1. The summed E-state index contributed by atoms with van der Waals surface area (Å²) in [6.07, 6.45) is 0.704. The highest BCUT2D eigenvalue weighted by Crippen LogP contribution is 2.29. The van der Waals surface area contributed by atoms with E-state index < -0.39 is 0 Å². The van der Waals surface area contributed by atoms with Gasteiger partial charge in [-0.1, -0.05) is 32.9 Å². The van der Waals surface area contributed by atoms with E-state index in [2.05, 4.69) is 15.5 Å². The number of hydrogen-bond donors (Lipinski definition) is 2. The molecule has 4 nitrogen and oxygen atoms in total. The van der Waals surface area contributed by atoms with Gasteiger partial charge in [-0.3, -0.25) is 9.89 Å². The molecule has 2 aromatic rings. The van der Waals surface area contributed by atoms with Crippen molar-refractivity contribution in [3.63, 3.8) is 0 Å². The van der Waals surface area contributed by atoms with Crippen LogP contribution in [-0.2, 0) is 11.2 Å². The molecule has 0 fully saturated rings. The van der Waals surface area contributed by atoms with Gasteiger partial charge in [0, 0.05) is 11.5 Å². The van der Waals surface area contributed by atoms with E-state index in [1.807, 2.05) is 20.8 Å². The summed E-state index contributed by atoms with van der Waals surface area (Å²) in [4.78, 5) is 11.9. The van der Waals surface area contributed by atoms with Crippen LogP contribution in [0, 0.1) is 11.7 Å². The van der Waals surface area contributed by atoms with Crippen molar-refractivity contribution in [1.82, 2.24) is 10.2 Å². The molecular weight excluding hydrogens is 257 g/mol. The first-order valence-electron chi connectivity index (χ1n) is 6.67. The lowest BCUT2D eigenvalue weighted by Crippen LogP contribution is -2.18. The number of aromatic amines is 1. The molecule has 1 aromatic carbocycles. The molecule has 0 unspecified atom stereocenters. The van der Waals surface area contributed by atoms with E-state index in [9.17, 15) is 9.18 Å². The van der Waals surface area contributed by atoms with Gasteiger partial charge in [0.05, 0.1) is 11.4 Å². The molecule has 2 rings (SSSR count). The average molecular weight is 275 g/mol. The van der Waals surface area contributed by atoms with E-state index in [-0.39, 0.29) is 17.6 Å². The molecular formula is C15H18FN3O. The maximum Gasteiger partial charge on any atom is 0.227 e. The molecule has 1 amide bonds. The van der Waals surface area contributed by atoms with Crippen molar-refractivity contribution >= 4 is 11.6 Å². The van der Waals surface area contributed by atoms with Crippen LogP contribution in [0.1, 0.15) is 26.5 Å². The second-order valence-corrected chi connectivity index (χ2v) is 4.93. The van der Waals surface area contributed by atoms with Crippen molar-refractivity contribution in [1.29, 1.82) is 0 Å². The van der Waals surface area contributed by atoms with Crippen molar-refractivity contribution in [2.75, 3.05) is 5.32 Å². The Labute approximate surface area is 117 Å². The van der Waals surface area contributed by atoms with E-state index in [0.717, 1.165) is 5.69 Å². The first-order valence-corrected chi connectivity index (χ1v) is 6.67. The number of aromatic nitrogens is 2. The second kappa shape index (κ2) is 5.86. The van der Waals surface area contributed by atoms with Crippen LogP contribution in [0.4, 0.5) is 10.1 Å². The maximum absolute atomic E-state index is 13.3. The van der Waals surface area contributed by atoms with E-state index in [0.29, 0.717) is 23.4 Å². The number of carbonyl (C=O) groups excluding carboxylic acids is 1. The fourth-order valence-corrected chi connectivity index (χ4v) is 1.88. The molecule has 1 heterocycles. The summed E-state index contributed by atoms with van der Waals surface area (Å²) in [5, 5.41) is 9.98. The molecule has 0 saturated carbocycles. The highest BCUT2D eigenvalue weighted by molar-refractivity contribution is 5.96. The molecule has 20 heavy (non-hydrogen) atoms. The monoisotopic (exact) mass is 275 g/mol. The molecule has 0 saturated heterocycles. The standard InChI is InChI=1S/C15H18FN3O/c1-4-12-14(17-15(20)9(2)3)13(19-18-12)10-6-5-7-11(16)8-10/h5-9H,4H2,1-3H3,(H,17,20)(H,18,19). The van der Waals surface area contributed by atoms with E-state index in [1.54, 1.807) is 12.1 Å². The van der Waals surface area contributed by atoms with Crippen molar-refractivity contribution in [2.45, 2.75) is 27.2 Å². The van der Waals surface area contributed by atoms with Crippen molar-refractivity contribution in [3.05, 3.63) is 35.8 Å². The number of anilines is 1. The quantitative estimate of drug-likeness (QED) is 0.898. The first-order chi connectivity index (χ1) is 9.52. The normalized spacial score (nSPS) is 10.8. The summed E-state index contributed by atoms with van der Waals surface area (Å²) >= 11 is 0. The van der Waals surface area contributed by atoms with Crippen LogP contribution in [0.25, 0.3) is 11.3 Å². The first kappa shape index (κ1) is 14.2. The molecule has 0 radical (unpaired) electrons. The molecule has 1 aromatic heterocycles. The van der Waals surface area contributed by atoms with Crippen molar-refractivity contribution in [2.24, 2.45) is 5.92 Å². The lowest BCUT2D eigenvalue weighted by atomic mass is 10.1. The van der Waals surface area contributed by atoms with Crippen molar-refractivity contribution in [3.8, 4) is 11.3 Å². The Morgan fingerprint density at radius 3 is 2.80 bits per heavy atom. The molecule has 0 atom stereocenters. The van der Waals surface area contributed by atoms with Crippen LogP contribution in [0.15, 0.2) is 24.3 Å². The number of halogens is 1. The van der Waals surface area contributed by atoms with Crippen LogP contribution in [0.2, 0.25) is 0 Å². The van der Waals surface area contributed by atoms with E-state index in [1.165, 1.54) is 12.1 Å². The number of nitrogens with one attached hydrogen (secondary N) is 2. The summed E-state index contributed by atoms with van der Waals surface area (Å²) in [6.45, 7) is 5.61. The minimum Gasteiger partial charge on any atom is -0.322 e. The Morgan fingerprint density at radius 1 is 1.45 bits per heavy atom. The summed E-state index contributed by atoms with van der Waals surface area (Å²) in [6, 6.07) is 6.17. The summed E-state index contributed by atoms with van der Waals surface area (Å²) in [5.74, 6) is -0.543. The highest BCUT2D eigenvalue weighted by atomic mass is 19.1. The largest absolute Gasteiger partial charge is 0.322 e. The van der Waals surface area contributed by atoms with Crippen LogP contribution in [0.3, 0.4) is 0 Å². The van der Waals surface area contributed by atoms with Gasteiger partial charge in [-0.2, -0.15) is 5.10 Å². The van der Waals surface area contributed by atoms with Crippen molar-refractivity contribution < 1.29 is 9.18 Å². The lowest BCUT2D eigenvalue weighted by molar-refractivity contribution is -0.118.